The zero-order valence-electron chi connectivity index (χ0n) is 38.1. The molecule has 0 heterocycles. The van der Waals surface area contributed by atoms with Gasteiger partial charge in [-0.1, -0.05) is 218 Å². The first-order valence-corrected chi connectivity index (χ1v) is 25.1. The van der Waals surface area contributed by atoms with Crippen LogP contribution in [0.25, 0.3) is 0 Å². The number of esters is 1. The molecule has 0 spiro atoms. The molecule has 2 unspecified atom stereocenters. The molecule has 0 saturated heterocycles. The first kappa shape index (κ1) is 55.3. The summed E-state index contributed by atoms with van der Waals surface area (Å²) in [6, 6.07) is -0.652. The second kappa shape index (κ2) is 47.0. The van der Waals surface area contributed by atoms with Crippen LogP contribution in [0, 0.1) is 0 Å². The fourth-order valence-electron chi connectivity index (χ4n) is 7.57. The molecule has 6 nitrogen and oxygen atoms in total. The van der Waals surface area contributed by atoms with Crippen LogP contribution < -0.4 is 5.32 Å². The van der Waals surface area contributed by atoms with Crippen LogP contribution in [0.2, 0.25) is 0 Å². The third-order valence-corrected chi connectivity index (χ3v) is 11.5. The predicted octanol–water partition coefficient (Wildman–Crippen LogP) is 14.7. The summed E-state index contributed by atoms with van der Waals surface area (Å²) in [5.74, 6) is -0.139. The van der Waals surface area contributed by atoms with Gasteiger partial charge in [0.25, 0.3) is 0 Å². The Kier molecular flexibility index (Phi) is 45.7. The highest BCUT2D eigenvalue weighted by molar-refractivity contribution is 5.76. The minimum Gasteiger partial charge on any atom is -0.466 e. The van der Waals surface area contributed by atoms with Gasteiger partial charge in [-0.3, -0.25) is 9.59 Å². The standard InChI is InChI=1S/C51H97NO5/c1-3-5-7-9-11-13-15-17-19-21-23-27-31-35-39-43-49(54)48(47-53)52-50(55)44-40-36-32-28-25-26-30-34-38-42-46-57-51(56)45-41-37-33-29-24-22-20-18-16-14-12-10-8-6-4-2/h26,30,39,43,48-49,53-54H,3-25,27-29,31-38,40-42,44-47H2,1-2H3,(H,52,55)/b30-26-,43-39+. The van der Waals surface area contributed by atoms with Crippen LogP contribution in [0.5, 0.6) is 0 Å². The molecule has 0 radical (unpaired) electrons. The lowest BCUT2D eigenvalue weighted by atomic mass is 10.0. The number of amides is 1. The van der Waals surface area contributed by atoms with Crippen molar-refractivity contribution in [3.8, 4) is 0 Å². The van der Waals surface area contributed by atoms with Crippen LogP contribution in [0.3, 0.4) is 0 Å². The second-order valence-corrected chi connectivity index (χ2v) is 17.1. The first-order chi connectivity index (χ1) is 28.0. The average Bonchev–Trinajstić information content (AvgIpc) is 3.21. The van der Waals surface area contributed by atoms with Crippen LogP contribution in [-0.2, 0) is 14.3 Å². The fourth-order valence-corrected chi connectivity index (χ4v) is 7.57. The molecule has 1 amide bonds. The number of carbonyl (C=O) groups is 2. The van der Waals surface area contributed by atoms with E-state index < -0.39 is 12.1 Å². The molecular formula is C51H97NO5. The summed E-state index contributed by atoms with van der Waals surface area (Å²) in [6.45, 7) is 4.81. The Hall–Kier alpha value is -1.66. The zero-order valence-corrected chi connectivity index (χ0v) is 38.1. The van der Waals surface area contributed by atoms with Gasteiger partial charge >= 0.3 is 5.97 Å². The molecule has 0 aliphatic heterocycles. The predicted molar refractivity (Wildman–Crippen MR) is 246 cm³/mol. The number of aliphatic hydroxyl groups excluding tert-OH is 2. The van der Waals surface area contributed by atoms with E-state index >= 15 is 0 Å². The van der Waals surface area contributed by atoms with Crippen molar-refractivity contribution in [3.05, 3.63) is 24.3 Å². The molecule has 0 rings (SSSR count). The third kappa shape index (κ3) is 43.7. The number of hydrogen-bond donors (Lipinski definition) is 3. The van der Waals surface area contributed by atoms with Crippen molar-refractivity contribution in [1.29, 1.82) is 0 Å². The van der Waals surface area contributed by atoms with E-state index in [-0.39, 0.29) is 18.5 Å². The lowest BCUT2D eigenvalue weighted by molar-refractivity contribution is -0.143. The molecule has 0 saturated carbocycles. The Morgan fingerprint density at radius 2 is 0.825 bits per heavy atom. The van der Waals surface area contributed by atoms with Crippen LogP contribution >= 0.6 is 0 Å². The van der Waals surface area contributed by atoms with Crippen molar-refractivity contribution in [2.24, 2.45) is 0 Å². The molecule has 0 aromatic heterocycles. The van der Waals surface area contributed by atoms with Crippen LogP contribution in [0.15, 0.2) is 24.3 Å². The molecule has 0 fully saturated rings. The quantitative estimate of drug-likeness (QED) is 0.0324. The van der Waals surface area contributed by atoms with E-state index in [2.05, 4.69) is 31.3 Å². The summed E-state index contributed by atoms with van der Waals surface area (Å²) in [6.07, 6.45) is 54.6. The van der Waals surface area contributed by atoms with Crippen LogP contribution in [0.1, 0.15) is 264 Å². The Balaban J connectivity index is 3.56. The number of unbranched alkanes of at least 4 members (excludes halogenated alkanes) is 33. The number of hydrogen-bond acceptors (Lipinski definition) is 5. The van der Waals surface area contributed by atoms with E-state index in [4.69, 9.17) is 4.74 Å². The highest BCUT2D eigenvalue weighted by atomic mass is 16.5. The fraction of sp³-hybridized carbons (Fsp3) is 0.882. The molecule has 0 bridgehead atoms. The maximum Gasteiger partial charge on any atom is 0.305 e. The van der Waals surface area contributed by atoms with Crippen molar-refractivity contribution in [1.82, 2.24) is 5.32 Å². The molecule has 0 aliphatic rings. The Morgan fingerprint density at radius 1 is 0.474 bits per heavy atom. The Morgan fingerprint density at radius 3 is 1.25 bits per heavy atom. The first-order valence-electron chi connectivity index (χ1n) is 25.1. The normalized spacial score (nSPS) is 12.8. The molecule has 0 aliphatic carbocycles. The highest BCUT2D eigenvalue weighted by Crippen LogP contribution is 2.16. The van der Waals surface area contributed by atoms with E-state index in [0.717, 1.165) is 77.0 Å². The van der Waals surface area contributed by atoms with Gasteiger partial charge in [-0.05, 0) is 57.8 Å². The van der Waals surface area contributed by atoms with Crippen molar-refractivity contribution in [2.45, 2.75) is 276 Å². The maximum absolute atomic E-state index is 12.4. The molecule has 57 heavy (non-hydrogen) atoms. The van der Waals surface area contributed by atoms with Gasteiger partial charge < -0.3 is 20.3 Å². The average molecular weight is 804 g/mol. The molecule has 0 aromatic carbocycles. The van der Waals surface area contributed by atoms with Gasteiger partial charge in [0, 0.05) is 12.8 Å². The van der Waals surface area contributed by atoms with E-state index in [1.807, 2.05) is 6.08 Å². The van der Waals surface area contributed by atoms with Gasteiger partial charge in [0.05, 0.1) is 25.4 Å². The van der Waals surface area contributed by atoms with Gasteiger partial charge in [-0.25, -0.2) is 0 Å². The molecule has 2 atom stereocenters. The lowest BCUT2D eigenvalue weighted by Gasteiger charge is -2.20. The van der Waals surface area contributed by atoms with E-state index in [1.54, 1.807) is 6.08 Å². The van der Waals surface area contributed by atoms with Crippen molar-refractivity contribution < 1.29 is 24.5 Å². The van der Waals surface area contributed by atoms with Crippen LogP contribution in [-0.4, -0.2) is 47.4 Å². The maximum atomic E-state index is 12.4. The monoisotopic (exact) mass is 804 g/mol. The van der Waals surface area contributed by atoms with Crippen molar-refractivity contribution in [2.75, 3.05) is 13.2 Å². The molecule has 0 aromatic rings. The summed E-state index contributed by atoms with van der Waals surface area (Å²) < 4.78 is 5.43. The van der Waals surface area contributed by atoms with Crippen molar-refractivity contribution >= 4 is 11.9 Å². The summed E-state index contributed by atoms with van der Waals surface area (Å²) in [7, 11) is 0. The number of ether oxygens (including phenoxy) is 1. The van der Waals surface area contributed by atoms with Gasteiger partial charge in [0.15, 0.2) is 0 Å². The number of rotatable bonds is 46. The zero-order chi connectivity index (χ0) is 41.5. The summed E-state index contributed by atoms with van der Waals surface area (Å²) in [5.41, 5.74) is 0. The number of allylic oxidation sites excluding steroid dienone is 3. The summed E-state index contributed by atoms with van der Waals surface area (Å²) >= 11 is 0. The molecule has 6 heteroatoms. The molecule has 336 valence electrons. The van der Waals surface area contributed by atoms with Gasteiger partial charge in [-0.15, -0.1) is 0 Å². The van der Waals surface area contributed by atoms with Crippen LogP contribution in [0.4, 0.5) is 0 Å². The highest BCUT2D eigenvalue weighted by Gasteiger charge is 2.18. The molecule has 3 N–H and O–H groups in total. The largest absolute Gasteiger partial charge is 0.466 e. The smallest absolute Gasteiger partial charge is 0.305 e. The van der Waals surface area contributed by atoms with Gasteiger partial charge in [0.2, 0.25) is 5.91 Å². The minimum atomic E-state index is -0.865. The Labute approximate surface area is 354 Å². The second-order valence-electron chi connectivity index (χ2n) is 17.1. The SMILES string of the molecule is CCCCCCCCCCCCCCC/C=C/C(O)C(CO)NC(=O)CCCCCC/C=C\CCCCOC(=O)CCCCCCCCCCCCCCCCC. The topological polar surface area (TPSA) is 95.9 Å². The van der Waals surface area contributed by atoms with Crippen molar-refractivity contribution in [3.63, 3.8) is 0 Å². The minimum absolute atomic E-state index is 0.0359. The summed E-state index contributed by atoms with van der Waals surface area (Å²) in [5, 5.41) is 23.0. The molecular weight excluding hydrogens is 707 g/mol. The lowest BCUT2D eigenvalue weighted by Crippen LogP contribution is -2.45. The van der Waals surface area contributed by atoms with E-state index in [1.165, 1.54) is 161 Å². The number of carbonyl (C=O) groups excluding carboxylic acids is 2. The Bertz CT molecular complexity index is 889. The van der Waals surface area contributed by atoms with E-state index in [9.17, 15) is 19.8 Å². The number of aliphatic hydroxyl groups is 2. The number of nitrogens with one attached hydrogen (secondary N) is 1. The third-order valence-electron chi connectivity index (χ3n) is 11.5. The van der Waals surface area contributed by atoms with Gasteiger partial charge in [0.1, 0.15) is 0 Å². The summed E-state index contributed by atoms with van der Waals surface area (Å²) in [4.78, 5) is 24.4. The van der Waals surface area contributed by atoms with Gasteiger partial charge in [-0.2, -0.15) is 0 Å². The van der Waals surface area contributed by atoms with E-state index in [0.29, 0.717) is 19.4 Å².